The van der Waals surface area contributed by atoms with Crippen LogP contribution in [0.1, 0.15) is 43.0 Å². The molecule has 2 N–H and O–H groups in total. The summed E-state index contributed by atoms with van der Waals surface area (Å²) in [6.07, 6.45) is 5.19. The summed E-state index contributed by atoms with van der Waals surface area (Å²) in [6.45, 7) is 2.05. The standard InChI is InChI=1S/C17H22N2O2/c1-11(15-10-12-7-8-14(15)9-12)18-17(21)19-16(20)13-5-3-2-4-6-13/h2-6,11-12,14-15H,7-10H2,1H3,(H2,18,19,20,21)/t11-,12-,14-,15-/m0/s1. The third-order valence-electron chi connectivity index (χ3n) is 5.06. The maximum Gasteiger partial charge on any atom is 0.321 e. The van der Waals surface area contributed by atoms with Crippen molar-refractivity contribution in [3.8, 4) is 0 Å². The van der Waals surface area contributed by atoms with Crippen molar-refractivity contribution in [3.05, 3.63) is 35.9 Å². The lowest BCUT2D eigenvalue weighted by Crippen LogP contribution is -2.47. The molecule has 3 amide bonds. The zero-order valence-electron chi connectivity index (χ0n) is 12.3. The van der Waals surface area contributed by atoms with Crippen molar-refractivity contribution in [1.82, 2.24) is 10.6 Å². The number of carbonyl (C=O) groups is 2. The number of nitrogens with one attached hydrogen (secondary N) is 2. The van der Waals surface area contributed by atoms with Gasteiger partial charge in [0.2, 0.25) is 0 Å². The summed E-state index contributed by atoms with van der Waals surface area (Å²) < 4.78 is 0. The molecule has 0 radical (unpaired) electrons. The van der Waals surface area contributed by atoms with Gasteiger partial charge in [0, 0.05) is 11.6 Å². The molecule has 0 spiro atoms. The maximum absolute atomic E-state index is 12.0. The molecule has 0 heterocycles. The van der Waals surface area contributed by atoms with E-state index in [1.807, 2.05) is 6.07 Å². The second kappa shape index (κ2) is 5.88. The minimum absolute atomic E-state index is 0.129. The quantitative estimate of drug-likeness (QED) is 0.897. The number of urea groups is 1. The summed E-state index contributed by atoms with van der Waals surface area (Å²) >= 11 is 0. The number of carbonyl (C=O) groups excluding carboxylic acids is 2. The number of amides is 3. The predicted molar refractivity (Wildman–Crippen MR) is 80.8 cm³/mol. The Hall–Kier alpha value is -1.84. The monoisotopic (exact) mass is 286 g/mol. The van der Waals surface area contributed by atoms with Gasteiger partial charge in [0.05, 0.1) is 0 Å². The van der Waals surface area contributed by atoms with Gasteiger partial charge in [-0.2, -0.15) is 0 Å². The summed E-state index contributed by atoms with van der Waals surface area (Å²) in [5, 5.41) is 5.34. The smallest absolute Gasteiger partial charge is 0.321 e. The maximum atomic E-state index is 12.0. The van der Waals surface area contributed by atoms with E-state index in [1.165, 1.54) is 25.7 Å². The third-order valence-corrected chi connectivity index (χ3v) is 5.06. The zero-order valence-corrected chi connectivity index (χ0v) is 12.3. The van der Waals surface area contributed by atoms with Crippen LogP contribution in [0.25, 0.3) is 0 Å². The van der Waals surface area contributed by atoms with Crippen LogP contribution in [0.15, 0.2) is 30.3 Å². The van der Waals surface area contributed by atoms with E-state index in [1.54, 1.807) is 24.3 Å². The molecule has 4 heteroatoms. The third kappa shape index (κ3) is 3.09. The van der Waals surface area contributed by atoms with Gasteiger partial charge in [-0.3, -0.25) is 10.1 Å². The Balaban J connectivity index is 1.51. The molecule has 0 unspecified atom stereocenters. The molecular weight excluding hydrogens is 264 g/mol. The van der Waals surface area contributed by atoms with Crippen molar-refractivity contribution in [1.29, 1.82) is 0 Å². The molecule has 4 atom stereocenters. The lowest BCUT2D eigenvalue weighted by molar-refractivity contribution is 0.0962. The van der Waals surface area contributed by atoms with Crippen LogP contribution in [-0.2, 0) is 0 Å². The molecular formula is C17H22N2O2. The molecule has 21 heavy (non-hydrogen) atoms. The van der Waals surface area contributed by atoms with Crippen LogP contribution in [0.5, 0.6) is 0 Å². The summed E-state index contributed by atoms with van der Waals surface area (Å²) in [4.78, 5) is 23.9. The molecule has 112 valence electrons. The van der Waals surface area contributed by atoms with Gasteiger partial charge in [-0.15, -0.1) is 0 Å². The fraction of sp³-hybridized carbons (Fsp3) is 0.529. The topological polar surface area (TPSA) is 58.2 Å². The Morgan fingerprint density at radius 1 is 1.14 bits per heavy atom. The number of fused-ring (bicyclic) bond motifs is 2. The van der Waals surface area contributed by atoms with E-state index in [0.717, 1.165) is 11.8 Å². The molecule has 2 aliphatic carbocycles. The van der Waals surface area contributed by atoms with Gasteiger partial charge in [-0.1, -0.05) is 24.6 Å². The SMILES string of the molecule is C[C@H](NC(=O)NC(=O)c1ccccc1)[C@@H]1C[C@H]2CC[C@H]1C2. The van der Waals surface area contributed by atoms with E-state index in [-0.39, 0.29) is 18.0 Å². The fourth-order valence-corrected chi connectivity index (χ4v) is 4.02. The molecule has 4 nitrogen and oxygen atoms in total. The second-order valence-corrected chi connectivity index (χ2v) is 6.42. The summed E-state index contributed by atoms with van der Waals surface area (Å²) in [5.41, 5.74) is 0.500. The predicted octanol–water partition coefficient (Wildman–Crippen LogP) is 2.95. The summed E-state index contributed by atoms with van der Waals surface area (Å²) in [7, 11) is 0. The summed E-state index contributed by atoms with van der Waals surface area (Å²) in [6, 6.07) is 8.54. The highest BCUT2D eigenvalue weighted by Gasteiger charge is 2.42. The first-order chi connectivity index (χ1) is 10.1. The van der Waals surface area contributed by atoms with E-state index >= 15 is 0 Å². The van der Waals surface area contributed by atoms with Crippen LogP contribution in [0.2, 0.25) is 0 Å². The highest BCUT2D eigenvalue weighted by Crippen LogP contribution is 2.49. The zero-order chi connectivity index (χ0) is 14.8. The average molecular weight is 286 g/mol. The highest BCUT2D eigenvalue weighted by atomic mass is 16.2. The fourth-order valence-electron chi connectivity index (χ4n) is 4.02. The highest BCUT2D eigenvalue weighted by molar-refractivity contribution is 6.04. The van der Waals surface area contributed by atoms with Gasteiger partial charge in [-0.05, 0) is 56.1 Å². The lowest BCUT2D eigenvalue weighted by atomic mass is 9.84. The molecule has 2 bridgehead atoms. The number of imide groups is 1. The van der Waals surface area contributed by atoms with E-state index in [2.05, 4.69) is 17.6 Å². The Bertz CT molecular complexity index is 529. The van der Waals surface area contributed by atoms with Crippen molar-refractivity contribution in [2.75, 3.05) is 0 Å². The van der Waals surface area contributed by atoms with Crippen LogP contribution in [-0.4, -0.2) is 18.0 Å². The van der Waals surface area contributed by atoms with Crippen LogP contribution < -0.4 is 10.6 Å². The second-order valence-electron chi connectivity index (χ2n) is 6.42. The molecule has 1 aromatic carbocycles. The lowest BCUT2D eigenvalue weighted by Gasteiger charge is -2.28. The van der Waals surface area contributed by atoms with Crippen molar-refractivity contribution < 1.29 is 9.59 Å². The van der Waals surface area contributed by atoms with Crippen LogP contribution in [0.3, 0.4) is 0 Å². The van der Waals surface area contributed by atoms with Crippen molar-refractivity contribution in [3.63, 3.8) is 0 Å². The Morgan fingerprint density at radius 3 is 2.52 bits per heavy atom. The van der Waals surface area contributed by atoms with E-state index in [0.29, 0.717) is 11.5 Å². The first-order valence-electron chi connectivity index (χ1n) is 7.80. The molecule has 0 aliphatic heterocycles. The largest absolute Gasteiger partial charge is 0.335 e. The first-order valence-corrected chi connectivity index (χ1v) is 7.80. The van der Waals surface area contributed by atoms with Crippen molar-refractivity contribution in [2.24, 2.45) is 17.8 Å². The number of benzene rings is 1. The average Bonchev–Trinajstić information content (AvgIpc) is 3.10. The first kappa shape index (κ1) is 14.1. The van der Waals surface area contributed by atoms with Gasteiger partial charge in [0.1, 0.15) is 0 Å². The van der Waals surface area contributed by atoms with Gasteiger partial charge < -0.3 is 5.32 Å². The molecule has 2 fully saturated rings. The Morgan fingerprint density at radius 2 is 1.90 bits per heavy atom. The molecule has 2 saturated carbocycles. The Kier molecular flexibility index (Phi) is 3.95. The normalized spacial score (nSPS) is 28.1. The molecule has 1 aromatic rings. The Labute approximate surface area is 125 Å². The van der Waals surface area contributed by atoms with E-state index < -0.39 is 0 Å². The number of hydrogen-bond acceptors (Lipinski definition) is 2. The molecule has 2 aliphatic rings. The van der Waals surface area contributed by atoms with Crippen LogP contribution >= 0.6 is 0 Å². The minimum atomic E-state index is -0.390. The van der Waals surface area contributed by atoms with Gasteiger partial charge >= 0.3 is 6.03 Å². The van der Waals surface area contributed by atoms with Crippen molar-refractivity contribution in [2.45, 2.75) is 38.6 Å². The summed E-state index contributed by atoms with van der Waals surface area (Å²) in [5.74, 6) is 1.84. The molecule has 0 aromatic heterocycles. The van der Waals surface area contributed by atoms with Gasteiger partial charge in [-0.25, -0.2) is 4.79 Å². The number of hydrogen-bond donors (Lipinski definition) is 2. The van der Waals surface area contributed by atoms with E-state index in [9.17, 15) is 9.59 Å². The molecule has 3 rings (SSSR count). The van der Waals surface area contributed by atoms with Gasteiger partial charge in [0.25, 0.3) is 5.91 Å². The van der Waals surface area contributed by atoms with Crippen LogP contribution in [0.4, 0.5) is 4.79 Å². The minimum Gasteiger partial charge on any atom is -0.335 e. The van der Waals surface area contributed by atoms with Gasteiger partial charge in [0.15, 0.2) is 0 Å². The van der Waals surface area contributed by atoms with E-state index in [4.69, 9.17) is 0 Å². The van der Waals surface area contributed by atoms with Crippen LogP contribution in [0, 0.1) is 17.8 Å². The van der Waals surface area contributed by atoms with Crippen molar-refractivity contribution >= 4 is 11.9 Å². The number of rotatable bonds is 3. The molecule has 0 saturated heterocycles.